The number of nitrogens with one attached hydrogen (secondary N) is 1. The molecule has 0 aliphatic rings. The maximum atomic E-state index is 11.1. The van der Waals surface area contributed by atoms with Gasteiger partial charge in [-0.3, -0.25) is 10.1 Å². The van der Waals surface area contributed by atoms with Crippen molar-refractivity contribution in [3.8, 4) is 5.88 Å². The number of methoxy groups -OCH3 is 1. The molecule has 1 aromatic carbocycles. The molecular formula is C16H19N3O3. The van der Waals surface area contributed by atoms with E-state index in [1.165, 1.54) is 24.8 Å². The number of rotatable bonds is 4. The first kappa shape index (κ1) is 15.8. The fraction of sp³-hybridized carbons (Fsp3) is 0.312. The Bertz CT molecular complexity index is 676. The Morgan fingerprint density at radius 1 is 1.14 bits per heavy atom. The van der Waals surface area contributed by atoms with Crippen LogP contribution in [-0.4, -0.2) is 17.0 Å². The molecule has 6 nitrogen and oxygen atoms in total. The van der Waals surface area contributed by atoms with Gasteiger partial charge in [0.25, 0.3) is 0 Å². The third kappa shape index (κ3) is 3.52. The molecule has 0 bridgehead atoms. The van der Waals surface area contributed by atoms with Crippen LogP contribution in [0, 0.1) is 10.1 Å². The monoisotopic (exact) mass is 301 g/mol. The molecule has 0 radical (unpaired) electrons. The predicted octanol–water partition coefficient (Wildman–Crippen LogP) is 4.04. The summed E-state index contributed by atoms with van der Waals surface area (Å²) in [6, 6.07) is 10.6. The molecule has 0 unspecified atom stereocenters. The van der Waals surface area contributed by atoms with E-state index in [-0.39, 0.29) is 16.9 Å². The van der Waals surface area contributed by atoms with Gasteiger partial charge in [0, 0.05) is 17.8 Å². The number of nitro groups is 1. The molecule has 0 aliphatic heterocycles. The quantitative estimate of drug-likeness (QED) is 0.681. The molecule has 0 saturated heterocycles. The Morgan fingerprint density at radius 3 is 2.27 bits per heavy atom. The molecule has 1 heterocycles. The van der Waals surface area contributed by atoms with Crippen LogP contribution in [0.15, 0.2) is 36.4 Å². The minimum Gasteiger partial charge on any atom is -0.481 e. The van der Waals surface area contributed by atoms with Crippen LogP contribution in [0.5, 0.6) is 5.88 Å². The molecule has 2 aromatic rings. The number of hydrogen-bond donors (Lipinski definition) is 1. The summed E-state index contributed by atoms with van der Waals surface area (Å²) in [6.45, 7) is 6.39. The molecule has 6 heteroatoms. The minimum atomic E-state index is -0.474. The van der Waals surface area contributed by atoms with Gasteiger partial charge in [-0.15, -0.1) is 0 Å². The molecule has 2 rings (SSSR count). The third-order valence-corrected chi connectivity index (χ3v) is 3.27. The first-order valence-electron chi connectivity index (χ1n) is 6.88. The molecule has 22 heavy (non-hydrogen) atoms. The van der Waals surface area contributed by atoms with E-state index in [2.05, 4.69) is 31.1 Å². The zero-order valence-electron chi connectivity index (χ0n) is 13.1. The molecule has 0 atom stereocenters. The van der Waals surface area contributed by atoms with Crippen LogP contribution in [-0.2, 0) is 5.41 Å². The Balaban J connectivity index is 2.32. The van der Waals surface area contributed by atoms with Gasteiger partial charge in [0.05, 0.1) is 12.0 Å². The van der Waals surface area contributed by atoms with Gasteiger partial charge in [-0.05, 0) is 23.1 Å². The van der Waals surface area contributed by atoms with E-state index in [1.807, 2.05) is 24.3 Å². The van der Waals surface area contributed by atoms with E-state index in [9.17, 15) is 10.1 Å². The average Bonchev–Trinajstić information content (AvgIpc) is 2.46. The maximum Gasteiger partial charge on any atom is 0.311 e. The Labute approximate surface area is 129 Å². The van der Waals surface area contributed by atoms with Crippen LogP contribution in [0.3, 0.4) is 0 Å². The first-order valence-corrected chi connectivity index (χ1v) is 6.88. The van der Waals surface area contributed by atoms with Gasteiger partial charge in [0.15, 0.2) is 0 Å². The Morgan fingerprint density at radius 2 is 1.77 bits per heavy atom. The zero-order valence-corrected chi connectivity index (χ0v) is 13.1. The van der Waals surface area contributed by atoms with E-state index in [1.54, 1.807) is 0 Å². The summed E-state index contributed by atoms with van der Waals surface area (Å²) in [7, 11) is 1.47. The van der Waals surface area contributed by atoms with Crippen molar-refractivity contribution in [1.82, 2.24) is 4.98 Å². The molecule has 0 amide bonds. The fourth-order valence-electron chi connectivity index (χ4n) is 1.98. The highest BCUT2D eigenvalue weighted by molar-refractivity contribution is 5.66. The molecule has 0 fully saturated rings. The molecule has 116 valence electrons. The second-order valence-corrected chi connectivity index (χ2v) is 5.93. The number of nitrogens with zero attached hydrogens (tertiary/aromatic N) is 2. The van der Waals surface area contributed by atoms with Crippen molar-refractivity contribution in [3.05, 3.63) is 52.1 Å². The van der Waals surface area contributed by atoms with Crippen molar-refractivity contribution < 1.29 is 9.66 Å². The van der Waals surface area contributed by atoms with Gasteiger partial charge in [-0.1, -0.05) is 32.9 Å². The number of hydrogen-bond acceptors (Lipinski definition) is 5. The van der Waals surface area contributed by atoms with E-state index in [0.29, 0.717) is 5.88 Å². The topological polar surface area (TPSA) is 77.3 Å². The van der Waals surface area contributed by atoms with Gasteiger partial charge in [0.2, 0.25) is 11.7 Å². The van der Waals surface area contributed by atoms with Gasteiger partial charge in [-0.2, -0.15) is 4.98 Å². The first-order chi connectivity index (χ1) is 10.3. The summed E-state index contributed by atoms with van der Waals surface area (Å²) in [4.78, 5) is 14.7. The van der Waals surface area contributed by atoms with Crippen LogP contribution in [0.4, 0.5) is 17.2 Å². The standard InChI is InChI=1S/C16H19N3O3/c1-16(2,3)11-5-7-12(8-6-11)17-15-13(19(20)21)9-10-14(18-15)22-4/h5-10H,1-4H3,(H,17,18). The molecule has 0 saturated carbocycles. The highest BCUT2D eigenvalue weighted by Gasteiger charge is 2.17. The summed E-state index contributed by atoms with van der Waals surface area (Å²) in [5.74, 6) is 0.479. The molecule has 1 N–H and O–H groups in total. The summed E-state index contributed by atoms with van der Waals surface area (Å²) < 4.78 is 5.02. The summed E-state index contributed by atoms with van der Waals surface area (Å²) in [6.07, 6.45) is 0. The van der Waals surface area contributed by atoms with Crippen molar-refractivity contribution in [2.45, 2.75) is 26.2 Å². The molecule has 0 aliphatic carbocycles. The van der Waals surface area contributed by atoms with E-state index >= 15 is 0 Å². The van der Waals surface area contributed by atoms with E-state index < -0.39 is 4.92 Å². The lowest BCUT2D eigenvalue weighted by Crippen LogP contribution is -2.10. The predicted molar refractivity (Wildman–Crippen MR) is 85.9 cm³/mol. The van der Waals surface area contributed by atoms with Crippen LogP contribution in [0.2, 0.25) is 0 Å². The van der Waals surface area contributed by atoms with Crippen molar-refractivity contribution >= 4 is 17.2 Å². The highest BCUT2D eigenvalue weighted by Crippen LogP contribution is 2.29. The smallest absolute Gasteiger partial charge is 0.311 e. The molecular weight excluding hydrogens is 282 g/mol. The zero-order chi connectivity index (χ0) is 16.3. The third-order valence-electron chi connectivity index (χ3n) is 3.27. The van der Waals surface area contributed by atoms with Crippen LogP contribution in [0.1, 0.15) is 26.3 Å². The van der Waals surface area contributed by atoms with Crippen molar-refractivity contribution in [1.29, 1.82) is 0 Å². The van der Waals surface area contributed by atoms with Crippen molar-refractivity contribution in [2.24, 2.45) is 0 Å². The summed E-state index contributed by atoms with van der Waals surface area (Å²) >= 11 is 0. The van der Waals surface area contributed by atoms with Gasteiger partial charge in [-0.25, -0.2) is 0 Å². The second kappa shape index (κ2) is 6.01. The van der Waals surface area contributed by atoms with Crippen LogP contribution >= 0.6 is 0 Å². The summed E-state index contributed by atoms with van der Waals surface area (Å²) in [5.41, 5.74) is 1.88. The van der Waals surface area contributed by atoms with E-state index in [0.717, 1.165) is 5.69 Å². The lowest BCUT2D eigenvalue weighted by molar-refractivity contribution is -0.384. The number of benzene rings is 1. The Hall–Kier alpha value is -2.63. The maximum absolute atomic E-state index is 11.1. The normalized spacial score (nSPS) is 11.1. The molecule has 1 aromatic heterocycles. The number of anilines is 2. The number of pyridine rings is 1. The van der Waals surface area contributed by atoms with Gasteiger partial charge >= 0.3 is 5.69 Å². The van der Waals surface area contributed by atoms with Crippen LogP contribution in [0.25, 0.3) is 0 Å². The SMILES string of the molecule is COc1ccc([N+](=O)[O-])c(Nc2ccc(C(C)(C)C)cc2)n1. The van der Waals surface area contributed by atoms with Crippen molar-refractivity contribution in [3.63, 3.8) is 0 Å². The number of ether oxygens (including phenoxy) is 1. The lowest BCUT2D eigenvalue weighted by Gasteiger charge is -2.19. The lowest BCUT2D eigenvalue weighted by atomic mass is 9.87. The summed E-state index contributed by atoms with van der Waals surface area (Å²) in [5, 5.41) is 14.1. The minimum absolute atomic E-state index is 0.0543. The van der Waals surface area contributed by atoms with Gasteiger partial charge < -0.3 is 10.1 Å². The van der Waals surface area contributed by atoms with Gasteiger partial charge in [0.1, 0.15) is 0 Å². The van der Waals surface area contributed by atoms with Crippen molar-refractivity contribution in [2.75, 3.05) is 12.4 Å². The average molecular weight is 301 g/mol. The van der Waals surface area contributed by atoms with E-state index in [4.69, 9.17) is 4.74 Å². The van der Waals surface area contributed by atoms with Crippen LogP contribution < -0.4 is 10.1 Å². The Kier molecular flexibility index (Phi) is 4.30. The number of aromatic nitrogens is 1. The second-order valence-electron chi connectivity index (χ2n) is 5.93. The highest BCUT2D eigenvalue weighted by atomic mass is 16.6. The largest absolute Gasteiger partial charge is 0.481 e. The fourth-order valence-corrected chi connectivity index (χ4v) is 1.98. The molecule has 0 spiro atoms.